The summed E-state index contributed by atoms with van der Waals surface area (Å²) in [6.07, 6.45) is 1.41. The van der Waals surface area contributed by atoms with Crippen molar-refractivity contribution in [2.45, 2.75) is 19.8 Å². The van der Waals surface area contributed by atoms with E-state index in [0.717, 1.165) is 4.47 Å². The fourth-order valence-electron chi connectivity index (χ4n) is 2.91. The lowest BCUT2D eigenvalue weighted by Gasteiger charge is -2.14. The highest BCUT2D eigenvalue weighted by atomic mass is 79.9. The maximum Gasteiger partial charge on any atom is 0.282 e. The molecule has 2 N–H and O–H groups in total. The molecule has 1 amide bonds. The van der Waals surface area contributed by atoms with Gasteiger partial charge in [-0.25, -0.2) is 4.98 Å². The van der Waals surface area contributed by atoms with Crippen molar-refractivity contribution in [2.75, 3.05) is 13.7 Å². The number of nitrogens with two attached hydrogens (primary N) is 1. The standard InChI is InChI=1S/C21H20BrClN4O4/c1-11(2)20-26-16-5-4-13(22)7-15(16)21(29)27(20)25-9-12-6-14(23)8-17(30-3)19(12)31-10-18(24)28/h4-9,11H,10H2,1-3H3,(H2,24,28). The number of hydrogen-bond donors (Lipinski definition) is 1. The van der Waals surface area contributed by atoms with Crippen molar-refractivity contribution in [2.24, 2.45) is 10.8 Å². The van der Waals surface area contributed by atoms with E-state index in [1.165, 1.54) is 24.1 Å². The van der Waals surface area contributed by atoms with E-state index in [9.17, 15) is 9.59 Å². The molecule has 3 rings (SSSR count). The maximum absolute atomic E-state index is 13.2. The zero-order chi connectivity index (χ0) is 22.7. The highest BCUT2D eigenvalue weighted by molar-refractivity contribution is 9.10. The van der Waals surface area contributed by atoms with Crippen molar-refractivity contribution in [3.8, 4) is 11.5 Å². The molecule has 0 aliphatic heterocycles. The second kappa shape index (κ2) is 9.49. The highest BCUT2D eigenvalue weighted by Gasteiger charge is 2.16. The highest BCUT2D eigenvalue weighted by Crippen LogP contribution is 2.34. The molecule has 0 spiro atoms. The minimum Gasteiger partial charge on any atom is -0.493 e. The lowest BCUT2D eigenvalue weighted by atomic mass is 10.2. The van der Waals surface area contributed by atoms with E-state index < -0.39 is 5.91 Å². The molecule has 31 heavy (non-hydrogen) atoms. The first-order chi connectivity index (χ1) is 14.7. The lowest BCUT2D eigenvalue weighted by molar-refractivity contribution is -0.119. The number of amides is 1. The first kappa shape index (κ1) is 22.8. The van der Waals surface area contributed by atoms with Crippen molar-refractivity contribution in [3.63, 3.8) is 0 Å². The average molecular weight is 508 g/mol. The van der Waals surface area contributed by atoms with Crippen LogP contribution < -0.4 is 20.8 Å². The summed E-state index contributed by atoms with van der Waals surface area (Å²) in [6, 6.07) is 8.42. The van der Waals surface area contributed by atoms with E-state index in [4.69, 9.17) is 26.8 Å². The minimum absolute atomic E-state index is 0.0719. The van der Waals surface area contributed by atoms with Crippen LogP contribution in [0.3, 0.4) is 0 Å². The van der Waals surface area contributed by atoms with Crippen LogP contribution in [0.2, 0.25) is 5.02 Å². The summed E-state index contributed by atoms with van der Waals surface area (Å²) >= 11 is 9.56. The molecule has 0 fully saturated rings. The molecular weight excluding hydrogens is 488 g/mol. The van der Waals surface area contributed by atoms with E-state index in [-0.39, 0.29) is 23.8 Å². The predicted octanol–water partition coefficient (Wildman–Crippen LogP) is 3.69. The van der Waals surface area contributed by atoms with E-state index in [0.29, 0.717) is 33.1 Å². The van der Waals surface area contributed by atoms with E-state index in [2.05, 4.69) is 26.0 Å². The zero-order valence-corrected chi connectivity index (χ0v) is 19.4. The number of ether oxygens (including phenoxy) is 2. The van der Waals surface area contributed by atoms with Gasteiger partial charge in [-0.3, -0.25) is 9.59 Å². The van der Waals surface area contributed by atoms with Crippen LogP contribution in [0.4, 0.5) is 0 Å². The van der Waals surface area contributed by atoms with Gasteiger partial charge in [0.1, 0.15) is 5.82 Å². The van der Waals surface area contributed by atoms with Gasteiger partial charge in [0.2, 0.25) is 0 Å². The zero-order valence-electron chi connectivity index (χ0n) is 17.1. The Hall–Kier alpha value is -2.91. The molecule has 0 aliphatic carbocycles. The first-order valence-electron chi connectivity index (χ1n) is 9.26. The number of carbonyl (C=O) groups excluding carboxylic acids is 1. The summed E-state index contributed by atoms with van der Waals surface area (Å²) in [5, 5.41) is 5.16. The van der Waals surface area contributed by atoms with Gasteiger partial charge >= 0.3 is 0 Å². The van der Waals surface area contributed by atoms with Crippen LogP contribution in [-0.2, 0) is 4.79 Å². The van der Waals surface area contributed by atoms with Gasteiger partial charge in [0.25, 0.3) is 11.5 Å². The number of primary amides is 1. The number of benzene rings is 2. The molecule has 1 heterocycles. The van der Waals surface area contributed by atoms with Crippen LogP contribution in [0, 0.1) is 0 Å². The molecule has 0 saturated carbocycles. The Kier molecular flexibility index (Phi) is 6.97. The molecule has 1 aromatic heterocycles. The molecule has 0 saturated heterocycles. The predicted molar refractivity (Wildman–Crippen MR) is 123 cm³/mol. The van der Waals surface area contributed by atoms with Crippen LogP contribution in [0.25, 0.3) is 10.9 Å². The lowest BCUT2D eigenvalue weighted by Crippen LogP contribution is -2.23. The van der Waals surface area contributed by atoms with Crippen molar-refractivity contribution in [1.82, 2.24) is 9.66 Å². The normalized spacial score (nSPS) is 11.4. The van der Waals surface area contributed by atoms with Gasteiger partial charge in [-0.05, 0) is 24.3 Å². The minimum atomic E-state index is -0.650. The van der Waals surface area contributed by atoms with Gasteiger partial charge in [-0.15, -0.1) is 0 Å². The van der Waals surface area contributed by atoms with Gasteiger partial charge in [-0.1, -0.05) is 41.4 Å². The fourth-order valence-corrected chi connectivity index (χ4v) is 3.48. The van der Waals surface area contributed by atoms with Crippen LogP contribution >= 0.6 is 27.5 Å². The molecule has 3 aromatic rings. The van der Waals surface area contributed by atoms with E-state index in [1.54, 1.807) is 18.2 Å². The molecule has 0 bridgehead atoms. The van der Waals surface area contributed by atoms with Gasteiger partial charge < -0.3 is 15.2 Å². The largest absolute Gasteiger partial charge is 0.493 e. The SMILES string of the molecule is COc1cc(Cl)cc(C=Nn2c(C(C)C)nc3ccc(Br)cc3c2=O)c1OCC(N)=O. The van der Waals surface area contributed by atoms with Crippen molar-refractivity contribution >= 4 is 50.6 Å². The third kappa shape index (κ3) is 5.05. The number of methoxy groups -OCH3 is 1. The van der Waals surface area contributed by atoms with Gasteiger partial charge in [-0.2, -0.15) is 9.78 Å². The number of halogens is 2. The number of carbonyl (C=O) groups is 1. The molecule has 2 aromatic carbocycles. The van der Waals surface area contributed by atoms with E-state index in [1.807, 2.05) is 19.9 Å². The molecule has 0 unspecified atom stereocenters. The Bertz CT molecular complexity index is 1240. The van der Waals surface area contributed by atoms with Crippen molar-refractivity contribution in [3.05, 3.63) is 61.6 Å². The second-order valence-electron chi connectivity index (χ2n) is 6.93. The number of fused-ring (bicyclic) bond motifs is 1. The quantitative estimate of drug-likeness (QED) is 0.491. The Labute approximate surface area is 191 Å². The maximum atomic E-state index is 13.2. The van der Waals surface area contributed by atoms with Gasteiger partial charge in [0.15, 0.2) is 18.1 Å². The smallest absolute Gasteiger partial charge is 0.282 e. The van der Waals surface area contributed by atoms with Gasteiger partial charge in [0.05, 0.1) is 24.2 Å². The van der Waals surface area contributed by atoms with Gasteiger partial charge in [0, 0.05) is 27.0 Å². The van der Waals surface area contributed by atoms with Crippen LogP contribution in [-0.4, -0.2) is 35.5 Å². The molecular formula is C21H20BrClN4O4. The number of nitrogens with zero attached hydrogens (tertiary/aromatic N) is 3. The summed E-state index contributed by atoms with van der Waals surface area (Å²) in [7, 11) is 1.44. The molecule has 162 valence electrons. The Morgan fingerprint density at radius 1 is 1.35 bits per heavy atom. The third-order valence-corrected chi connectivity index (χ3v) is 5.00. The van der Waals surface area contributed by atoms with Crippen LogP contribution in [0.15, 0.2) is 44.7 Å². The van der Waals surface area contributed by atoms with Crippen molar-refractivity contribution < 1.29 is 14.3 Å². The topological polar surface area (TPSA) is 109 Å². The Morgan fingerprint density at radius 2 is 2.10 bits per heavy atom. The summed E-state index contributed by atoms with van der Waals surface area (Å²) in [4.78, 5) is 29.0. The Balaban J connectivity index is 2.18. The molecule has 0 aliphatic rings. The number of rotatable bonds is 7. The molecule has 0 atom stereocenters. The number of aromatic nitrogens is 2. The molecule has 10 heteroatoms. The third-order valence-electron chi connectivity index (χ3n) is 4.29. The average Bonchev–Trinajstić information content (AvgIpc) is 2.71. The van der Waals surface area contributed by atoms with Crippen molar-refractivity contribution in [1.29, 1.82) is 0 Å². The summed E-state index contributed by atoms with van der Waals surface area (Å²) in [5.41, 5.74) is 5.86. The van der Waals surface area contributed by atoms with Crippen LogP contribution in [0.5, 0.6) is 11.5 Å². The van der Waals surface area contributed by atoms with E-state index >= 15 is 0 Å². The monoisotopic (exact) mass is 506 g/mol. The first-order valence-corrected chi connectivity index (χ1v) is 10.4. The number of hydrogen-bond acceptors (Lipinski definition) is 6. The molecule has 0 radical (unpaired) electrons. The van der Waals surface area contributed by atoms with Crippen LogP contribution in [0.1, 0.15) is 31.2 Å². The second-order valence-corrected chi connectivity index (χ2v) is 8.28. The Morgan fingerprint density at radius 3 is 2.74 bits per heavy atom. The fraction of sp³-hybridized carbons (Fsp3) is 0.238. The summed E-state index contributed by atoms with van der Waals surface area (Å²) in [6.45, 7) is 3.48. The summed E-state index contributed by atoms with van der Waals surface area (Å²) < 4.78 is 12.8. The summed E-state index contributed by atoms with van der Waals surface area (Å²) in [5.74, 6) is 0.293. The molecule has 8 nitrogen and oxygen atoms in total.